The standard InChI is InChI=1S/C74H97N17O13S/c1-4-43(2)63(90-69(98)59(37-45-39-81-53-25-13-12-20-47(45)53)87-67(96)58(36-44-18-6-5-7-19-44)89-74(103)104-41-52-50-23-10-8-21-48(50)49-22-9-11-24-51(49)52)70(99)85-56(29-30-62(76)92)66(95)84-55(27-16-33-80-73(77)78)64(93)83-54(26-14-15-32-75)65(94)88-60(38-46-40-79-42-82-46)68(97)86-57(31-35-105-3)71(100)91-34-17-28-61(91)72(101)102/h5-13,18-25,39-40,42-43,52,54-61,63,81H,4,14-17,26-38,41,75H2,1-3H3,(H2,76,92)(H,79,82)(H,83,93)(H,84,95)(H,85,99)(H,86,97)(H,87,96)(H,88,94)(H,89,103)(H,90,98)(H,101,102)(H4,77,78,80)/t43-,54-,55-,56-,57-,58-,59-,60-,61-,63-/m0/s1. The Labute approximate surface area is 613 Å². The molecule has 1 aliphatic carbocycles. The van der Waals surface area contributed by atoms with Gasteiger partial charge in [0.25, 0.3) is 0 Å². The number of para-hydroxylation sites is 1. The molecule has 0 radical (unpaired) electrons. The van der Waals surface area contributed by atoms with E-state index in [1.54, 1.807) is 50.4 Å². The molecule has 2 aliphatic rings. The molecule has 10 amide bonds. The number of carboxylic acid groups (broad SMARTS) is 1. The van der Waals surface area contributed by atoms with Crippen molar-refractivity contribution < 1.29 is 62.6 Å². The largest absolute Gasteiger partial charge is 0.480 e. The van der Waals surface area contributed by atoms with Gasteiger partial charge in [-0.15, -0.1) is 0 Å². The Bertz CT molecular complexity index is 3960. The van der Waals surface area contributed by atoms with Crippen LogP contribution in [0.15, 0.2) is 127 Å². The molecular formula is C74H97N17O13S. The average Bonchev–Trinajstić information content (AvgIpc) is 1.62. The van der Waals surface area contributed by atoms with Crippen LogP contribution in [-0.2, 0) is 71.9 Å². The third-order valence-corrected chi connectivity index (χ3v) is 19.5. The number of nitrogens with zero attached hydrogens (tertiary/aromatic N) is 3. The van der Waals surface area contributed by atoms with E-state index in [0.29, 0.717) is 41.8 Å². The van der Waals surface area contributed by atoms with Gasteiger partial charge >= 0.3 is 12.1 Å². The average molecular weight is 1460 g/mol. The van der Waals surface area contributed by atoms with Crippen LogP contribution in [0.3, 0.4) is 0 Å². The predicted molar refractivity (Wildman–Crippen MR) is 396 cm³/mol. The van der Waals surface area contributed by atoms with Crippen LogP contribution in [0, 0.1) is 5.92 Å². The van der Waals surface area contributed by atoms with Gasteiger partial charge in [0.2, 0.25) is 53.2 Å². The minimum absolute atomic E-state index is 0.0213. The van der Waals surface area contributed by atoms with Gasteiger partial charge in [-0.05, 0) is 122 Å². The number of benzene rings is 4. The summed E-state index contributed by atoms with van der Waals surface area (Å²) in [4.78, 5) is 172. The Morgan fingerprint density at radius 2 is 1.20 bits per heavy atom. The van der Waals surface area contributed by atoms with E-state index in [0.717, 1.165) is 33.2 Å². The van der Waals surface area contributed by atoms with Crippen molar-refractivity contribution >= 4 is 93.9 Å². The van der Waals surface area contributed by atoms with Gasteiger partial charge in [-0.25, -0.2) is 14.6 Å². The summed E-state index contributed by atoms with van der Waals surface area (Å²) >= 11 is 1.41. The number of carboxylic acids is 1. The minimum atomic E-state index is -1.61. The zero-order chi connectivity index (χ0) is 75.5. The SMILES string of the molecule is CC[C@H](C)[C@H](NC(=O)[C@H](Cc1c[nH]c2ccccc12)NC(=O)[C@H](Cc1ccccc1)NC(=O)OCC1c2ccccc2-c2ccccc21)C(=O)N[C@@H](CCC(N)=O)C(=O)N[C@@H](CCCN=C(N)N)C(=O)N[C@@H](CCCCN)C(=O)N[C@@H](Cc1cnc[nH]1)C(=O)N[C@@H](CCSC)C(=O)N1CCC[C@H]1C(=O)O. The number of aromatic nitrogens is 3. The van der Waals surface area contributed by atoms with E-state index in [9.17, 15) is 53.1 Å². The smallest absolute Gasteiger partial charge is 0.407 e. The van der Waals surface area contributed by atoms with Crippen molar-refractivity contribution in [2.24, 2.45) is 33.8 Å². The van der Waals surface area contributed by atoms with Gasteiger partial charge in [-0.1, -0.05) is 117 Å². The molecule has 1 fully saturated rings. The molecule has 2 aromatic heterocycles. The molecule has 30 nitrogen and oxygen atoms in total. The summed E-state index contributed by atoms with van der Waals surface area (Å²) in [6.07, 6.45) is 5.96. The number of alkyl carbamates (subject to hydrolysis) is 1. The molecule has 0 spiro atoms. The number of primary amides is 1. The fourth-order valence-electron chi connectivity index (χ4n) is 13.0. The maximum Gasteiger partial charge on any atom is 0.407 e. The first-order chi connectivity index (χ1) is 50.6. The Morgan fingerprint density at radius 1 is 0.638 bits per heavy atom. The first kappa shape index (κ1) is 79.9. The monoisotopic (exact) mass is 1460 g/mol. The van der Waals surface area contributed by atoms with Gasteiger partial charge in [0.15, 0.2) is 5.96 Å². The number of unbranched alkanes of at least 4 members (excludes halogenated alkanes) is 1. The first-order valence-corrected chi connectivity index (χ1v) is 36.8. The van der Waals surface area contributed by atoms with Crippen LogP contribution in [0.1, 0.15) is 118 Å². The van der Waals surface area contributed by atoms with Crippen LogP contribution in [0.25, 0.3) is 22.0 Å². The number of nitrogens with one attached hydrogen (secondary N) is 10. The lowest BCUT2D eigenvalue weighted by Crippen LogP contribution is -2.61. The van der Waals surface area contributed by atoms with Crippen LogP contribution in [-0.4, -0.2) is 189 Å². The van der Waals surface area contributed by atoms with E-state index in [1.165, 1.54) is 29.2 Å². The maximum absolute atomic E-state index is 15.2. The van der Waals surface area contributed by atoms with Gasteiger partial charge < -0.3 is 90.2 Å². The Morgan fingerprint density at radius 3 is 1.81 bits per heavy atom. The minimum Gasteiger partial charge on any atom is -0.480 e. The second kappa shape index (κ2) is 39.7. The number of aromatic amines is 2. The van der Waals surface area contributed by atoms with E-state index in [1.807, 2.05) is 79.1 Å². The van der Waals surface area contributed by atoms with E-state index < -0.39 is 138 Å². The molecule has 6 aromatic rings. The Balaban J connectivity index is 1.02. The van der Waals surface area contributed by atoms with Crippen LogP contribution in [0.2, 0.25) is 0 Å². The summed E-state index contributed by atoms with van der Waals surface area (Å²) in [5, 5.41) is 32.8. The highest BCUT2D eigenvalue weighted by atomic mass is 32.2. The molecule has 0 saturated carbocycles. The Hall–Kier alpha value is -10.8. The summed E-state index contributed by atoms with van der Waals surface area (Å²) in [5.74, 6) is -9.38. The highest BCUT2D eigenvalue weighted by molar-refractivity contribution is 7.98. The molecule has 10 atom stereocenters. The van der Waals surface area contributed by atoms with E-state index in [-0.39, 0.29) is 95.9 Å². The molecular weight excluding hydrogens is 1370 g/mol. The molecule has 1 aliphatic heterocycles. The van der Waals surface area contributed by atoms with Crippen LogP contribution < -0.4 is 65.5 Å². The topological polar surface area (TPSA) is 478 Å². The quantitative estimate of drug-likeness (QED) is 0.0149. The number of H-pyrrole nitrogens is 2. The highest BCUT2D eigenvalue weighted by Gasteiger charge is 2.41. The van der Waals surface area contributed by atoms with E-state index in [2.05, 4.69) is 62.5 Å². The fraction of sp³-hybridized carbons (Fsp3) is 0.446. The number of imidazole rings is 1. The summed E-state index contributed by atoms with van der Waals surface area (Å²) < 4.78 is 5.92. The van der Waals surface area contributed by atoms with Gasteiger partial charge in [-0.2, -0.15) is 11.8 Å². The van der Waals surface area contributed by atoms with Crippen LogP contribution >= 0.6 is 11.8 Å². The number of ether oxygens (including phenoxy) is 1. The number of amides is 10. The number of fused-ring (bicyclic) bond motifs is 4. The number of rotatable bonds is 41. The van der Waals surface area contributed by atoms with Crippen molar-refractivity contribution in [3.8, 4) is 11.1 Å². The number of hydrogen-bond donors (Lipinski definition) is 15. The third kappa shape index (κ3) is 22.8. The first-order valence-electron chi connectivity index (χ1n) is 35.4. The molecule has 3 heterocycles. The summed E-state index contributed by atoms with van der Waals surface area (Å²) in [7, 11) is 0. The second-order valence-electron chi connectivity index (χ2n) is 26.3. The number of carbonyl (C=O) groups is 11. The number of carbonyl (C=O) groups excluding carboxylic acids is 10. The summed E-state index contributed by atoms with van der Waals surface area (Å²) in [6, 6.07) is 19.7. The number of aliphatic imine (C=N–C) groups is 1. The summed E-state index contributed by atoms with van der Waals surface area (Å²) in [6.45, 7) is 3.77. The maximum atomic E-state index is 15.2. The molecule has 4 aromatic carbocycles. The van der Waals surface area contributed by atoms with Crippen molar-refractivity contribution in [2.45, 2.75) is 164 Å². The Kier molecular flexibility index (Phi) is 30.2. The van der Waals surface area contributed by atoms with Crippen molar-refractivity contribution in [3.05, 3.63) is 150 Å². The normalized spacial score (nSPS) is 15.7. The van der Waals surface area contributed by atoms with Crippen molar-refractivity contribution in [3.63, 3.8) is 0 Å². The lowest BCUT2D eigenvalue weighted by atomic mass is 9.96. The van der Waals surface area contributed by atoms with Crippen molar-refractivity contribution in [1.82, 2.24) is 62.4 Å². The van der Waals surface area contributed by atoms with E-state index in [4.69, 9.17) is 27.7 Å². The van der Waals surface area contributed by atoms with Gasteiger partial charge in [-0.3, -0.25) is 48.1 Å². The molecule has 19 N–H and O–H groups in total. The molecule has 0 bridgehead atoms. The number of thioether (sulfide) groups is 1. The molecule has 562 valence electrons. The van der Waals surface area contributed by atoms with Crippen LogP contribution in [0.4, 0.5) is 4.79 Å². The third-order valence-electron chi connectivity index (χ3n) is 18.9. The number of hydrogen-bond acceptors (Lipinski definition) is 16. The summed E-state index contributed by atoms with van der Waals surface area (Å²) in [5.41, 5.74) is 29.3. The van der Waals surface area contributed by atoms with Gasteiger partial charge in [0.05, 0.1) is 6.33 Å². The van der Waals surface area contributed by atoms with Crippen LogP contribution in [0.5, 0.6) is 0 Å². The molecule has 105 heavy (non-hydrogen) atoms. The fourth-order valence-corrected chi connectivity index (χ4v) is 13.5. The number of aliphatic carboxylic acids is 1. The van der Waals surface area contributed by atoms with Gasteiger partial charge in [0.1, 0.15) is 61.0 Å². The lowest BCUT2D eigenvalue weighted by Gasteiger charge is -2.30. The van der Waals surface area contributed by atoms with Crippen molar-refractivity contribution in [1.29, 1.82) is 0 Å². The number of nitrogens with two attached hydrogens (primary N) is 4. The second-order valence-corrected chi connectivity index (χ2v) is 27.3. The molecule has 1 saturated heterocycles. The predicted octanol–water partition coefficient (Wildman–Crippen LogP) is 2.54. The zero-order valence-corrected chi connectivity index (χ0v) is 60.1. The highest BCUT2D eigenvalue weighted by Crippen LogP contribution is 2.44. The lowest BCUT2D eigenvalue weighted by molar-refractivity contribution is -0.149. The molecule has 31 heteroatoms. The van der Waals surface area contributed by atoms with Crippen molar-refractivity contribution in [2.75, 3.05) is 38.2 Å². The zero-order valence-electron chi connectivity index (χ0n) is 59.2. The van der Waals surface area contributed by atoms with Gasteiger partial charge in [0, 0.05) is 73.7 Å². The number of guanidine groups is 1. The van der Waals surface area contributed by atoms with E-state index >= 15 is 4.79 Å². The molecule has 0 unspecified atom stereocenters. The molecule has 8 rings (SSSR count). The number of likely N-dealkylation sites (tertiary alicyclic amines) is 1.